The van der Waals surface area contributed by atoms with E-state index in [1.165, 1.54) is 4.88 Å². The molecule has 180 valence electrons. The highest BCUT2D eigenvalue weighted by Gasteiger charge is 2.22. The van der Waals surface area contributed by atoms with E-state index in [1.807, 2.05) is 26.0 Å². The Kier molecular flexibility index (Phi) is 6.62. The van der Waals surface area contributed by atoms with Crippen LogP contribution in [0.3, 0.4) is 0 Å². The molecule has 0 bridgehead atoms. The van der Waals surface area contributed by atoms with Crippen molar-refractivity contribution in [1.29, 1.82) is 0 Å². The van der Waals surface area contributed by atoms with E-state index in [9.17, 15) is 9.59 Å². The predicted octanol–water partition coefficient (Wildman–Crippen LogP) is 1.95. The number of carbonyl (C=O) groups is 1. The van der Waals surface area contributed by atoms with Gasteiger partial charge in [-0.15, -0.1) is 11.3 Å². The molecule has 0 aliphatic carbocycles. The second-order valence-electron chi connectivity index (χ2n) is 8.98. The molecular weight excluding hydrogens is 452 g/mol. The largest absolute Gasteiger partial charge is 0.381 e. The minimum absolute atomic E-state index is 0.0894. The van der Waals surface area contributed by atoms with E-state index in [-0.39, 0.29) is 11.5 Å². The first kappa shape index (κ1) is 22.9. The number of fused-ring (bicyclic) bond motifs is 1. The Bertz CT molecular complexity index is 1240. The molecule has 9 nitrogen and oxygen atoms in total. The van der Waals surface area contributed by atoms with E-state index in [0.29, 0.717) is 30.3 Å². The molecule has 2 aliphatic rings. The van der Waals surface area contributed by atoms with Crippen molar-refractivity contribution < 1.29 is 9.53 Å². The van der Waals surface area contributed by atoms with Gasteiger partial charge in [0.05, 0.1) is 30.1 Å². The number of piperazine rings is 1. The summed E-state index contributed by atoms with van der Waals surface area (Å²) in [6, 6.07) is 5.88. The van der Waals surface area contributed by atoms with Gasteiger partial charge in [0.2, 0.25) is 0 Å². The molecule has 5 heterocycles. The smallest absolute Gasteiger partial charge is 0.270 e. The number of hydrogen-bond acceptors (Lipinski definition) is 8. The zero-order chi connectivity index (χ0) is 23.7. The lowest BCUT2D eigenvalue weighted by Gasteiger charge is -2.36. The topological polar surface area (TPSA) is 103 Å². The van der Waals surface area contributed by atoms with Crippen LogP contribution in [0.25, 0.3) is 10.3 Å². The molecule has 10 heteroatoms. The van der Waals surface area contributed by atoms with E-state index in [4.69, 9.17) is 4.74 Å². The highest BCUT2D eigenvalue weighted by atomic mass is 32.1. The first-order valence-electron chi connectivity index (χ1n) is 11.8. The first-order valence-corrected chi connectivity index (χ1v) is 12.6. The second kappa shape index (κ2) is 9.81. The Morgan fingerprint density at radius 3 is 2.71 bits per heavy atom. The van der Waals surface area contributed by atoms with E-state index >= 15 is 0 Å². The van der Waals surface area contributed by atoms with Crippen LogP contribution in [0.2, 0.25) is 0 Å². The summed E-state index contributed by atoms with van der Waals surface area (Å²) in [4.78, 5) is 43.4. The Morgan fingerprint density at radius 1 is 1.24 bits per heavy atom. The fourth-order valence-electron chi connectivity index (χ4n) is 4.40. The molecule has 2 fully saturated rings. The summed E-state index contributed by atoms with van der Waals surface area (Å²) in [6.45, 7) is 10.5. The Hall–Kier alpha value is -2.82. The minimum atomic E-state index is -0.128. The standard InChI is InChI=1S/C24H30N6O3S/c1-3-18-23(32)27-20-10-17(34-24(20)28-18)12-29-6-8-30(9-7-29)21-5-4-19(26-15(21)2)22(31)25-11-16-13-33-14-16/h4-5,10,16H,3,6-9,11-14H2,1-2H3,(H,25,31)(H,27,32). The van der Waals surface area contributed by atoms with Crippen LogP contribution in [-0.4, -0.2) is 71.7 Å². The molecule has 0 saturated carbocycles. The number of nitrogens with one attached hydrogen (secondary N) is 2. The molecule has 0 atom stereocenters. The van der Waals surface area contributed by atoms with E-state index in [1.54, 1.807) is 11.3 Å². The van der Waals surface area contributed by atoms with E-state index in [2.05, 4.69) is 36.1 Å². The third-order valence-electron chi connectivity index (χ3n) is 6.49. The van der Waals surface area contributed by atoms with Gasteiger partial charge in [0.15, 0.2) is 0 Å². The van der Waals surface area contributed by atoms with Gasteiger partial charge < -0.3 is 19.9 Å². The van der Waals surface area contributed by atoms with Crippen LogP contribution >= 0.6 is 11.3 Å². The highest BCUT2D eigenvalue weighted by Crippen LogP contribution is 2.25. The zero-order valence-electron chi connectivity index (χ0n) is 19.6. The van der Waals surface area contributed by atoms with Gasteiger partial charge in [0.25, 0.3) is 11.5 Å². The number of nitrogens with zero attached hydrogens (tertiary/aromatic N) is 4. The number of carbonyl (C=O) groups excluding carboxylic acids is 1. The normalized spacial score (nSPS) is 17.2. The van der Waals surface area contributed by atoms with Gasteiger partial charge in [0.1, 0.15) is 16.2 Å². The third-order valence-corrected chi connectivity index (χ3v) is 7.50. The van der Waals surface area contributed by atoms with E-state index in [0.717, 1.165) is 67.7 Å². The monoisotopic (exact) mass is 482 g/mol. The zero-order valence-corrected chi connectivity index (χ0v) is 20.4. The molecule has 0 spiro atoms. The highest BCUT2D eigenvalue weighted by molar-refractivity contribution is 7.18. The molecule has 3 aromatic rings. The van der Waals surface area contributed by atoms with Crippen LogP contribution in [0.1, 0.15) is 33.7 Å². The summed E-state index contributed by atoms with van der Waals surface area (Å²) < 4.78 is 5.15. The molecule has 2 saturated heterocycles. The molecule has 0 radical (unpaired) electrons. The Labute approximate surface area is 202 Å². The van der Waals surface area contributed by atoms with Crippen molar-refractivity contribution in [2.45, 2.75) is 26.8 Å². The number of hydrogen-bond donors (Lipinski definition) is 2. The number of H-pyrrole nitrogens is 1. The van der Waals surface area contributed by atoms with Crippen LogP contribution in [0.4, 0.5) is 5.69 Å². The van der Waals surface area contributed by atoms with Gasteiger partial charge in [-0.1, -0.05) is 6.92 Å². The van der Waals surface area contributed by atoms with Crippen molar-refractivity contribution in [2.75, 3.05) is 50.8 Å². The van der Waals surface area contributed by atoms with Crippen molar-refractivity contribution in [3.05, 3.63) is 50.5 Å². The Balaban J connectivity index is 1.17. The summed E-state index contributed by atoms with van der Waals surface area (Å²) in [6.07, 6.45) is 0.635. The van der Waals surface area contributed by atoms with Gasteiger partial charge in [-0.3, -0.25) is 14.5 Å². The minimum Gasteiger partial charge on any atom is -0.381 e. The number of aromatic amines is 1. The van der Waals surface area contributed by atoms with Crippen LogP contribution in [-0.2, 0) is 17.7 Å². The fraction of sp³-hybridized carbons (Fsp3) is 0.500. The number of rotatable bonds is 7. The van der Waals surface area contributed by atoms with Gasteiger partial charge in [-0.25, -0.2) is 9.97 Å². The number of anilines is 1. The van der Waals surface area contributed by atoms with Crippen molar-refractivity contribution in [3.8, 4) is 0 Å². The molecule has 5 rings (SSSR count). The molecular formula is C24H30N6O3S. The lowest BCUT2D eigenvalue weighted by Crippen LogP contribution is -2.46. The van der Waals surface area contributed by atoms with Crippen molar-refractivity contribution in [1.82, 2.24) is 25.2 Å². The summed E-state index contributed by atoms with van der Waals surface area (Å²) in [5, 5.41) is 2.95. The summed E-state index contributed by atoms with van der Waals surface area (Å²) in [5.74, 6) is 0.289. The lowest BCUT2D eigenvalue weighted by atomic mass is 10.1. The maximum Gasteiger partial charge on any atom is 0.270 e. The predicted molar refractivity (Wildman–Crippen MR) is 133 cm³/mol. The average Bonchev–Trinajstić information content (AvgIpc) is 3.18. The molecule has 34 heavy (non-hydrogen) atoms. The molecule has 2 N–H and O–H groups in total. The number of pyridine rings is 1. The SMILES string of the molecule is CCc1nc2sc(CN3CCN(c4ccc(C(=O)NCC5COC5)nc4C)CC3)cc2[nH]c1=O. The average molecular weight is 483 g/mol. The quantitative estimate of drug-likeness (QED) is 0.531. The molecule has 0 aromatic carbocycles. The van der Waals surface area contributed by atoms with Crippen LogP contribution in [0.5, 0.6) is 0 Å². The summed E-state index contributed by atoms with van der Waals surface area (Å²) in [7, 11) is 0. The summed E-state index contributed by atoms with van der Waals surface area (Å²) in [5.41, 5.74) is 3.75. The number of ether oxygens (including phenoxy) is 1. The number of aromatic nitrogens is 3. The molecule has 0 unspecified atom stereocenters. The molecule has 2 aliphatic heterocycles. The summed E-state index contributed by atoms with van der Waals surface area (Å²) >= 11 is 1.65. The van der Waals surface area contributed by atoms with Crippen molar-refractivity contribution >= 4 is 33.3 Å². The maximum atomic E-state index is 12.4. The molecule has 1 amide bonds. The third kappa shape index (κ3) is 4.84. The van der Waals surface area contributed by atoms with Gasteiger partial charge in [0, 0.05) is 50.1 Å². The maximum absolute atomic E-state index is 12.4. The van der Waals surface area contributed by atoms with E-state index < -0.39 is 0 Å². The lowest BCUT2D eigenvalue weighted by molar-refractivity contribution is -0.0299. The van der Waals surface area contributed by atoms with Gasteiger partial charge in [-0.2, -0.15) is 0 Å². The fourth-order valence-corrected chi connectivity index (χ4v) is 5.45. The van der Waals surface area contributed by atoms with Gasteiger partial charge in [-0.05, 0) is 31.5 Å². The second-order valence-corrected chi connectivity index (χ2v) is 10.1. The number of amides is 1. The molecule has 3 aromatic heterocycles. The van der Waals surface area contributed by atoms with Crippen LogP contribution < -0.4 is 15.8 Å². The first-order chi connectivity index (χ1) is 16.5. The van der Waals surface area contributed by atoms with Crippen molar-refractivity contribution in [2.24, 2.45) is 5.92 Å². The van der Waals surface area contributed by atoms with Crippen molar-refractivity contribution in [3.63, 3.8) is 0 Å². The number of thiophene rings is 1. The van der Waals surface area contributed by atoms with Gasteiger partial charge >= 0.3 is 0 Å². The van der Waals surface area contributed by atoms with Crippen LogP contribution in [0, 0.1) is 12.8 Å². The Morgan fingerprint density at radius 2 is 2.03 bits per heavy atom. The van der Waals surface area contributed by atoms with Crippen LogP contribution in [0.15, 0.2) is 23.0 Å². The number of aryl methyl sites for hydroxylation is 2.